The Morgan fingerprint density at radius 2 is 1.91 bits per heavy atom. The van der Waals surface area contributed by atoms with Crippen LogP contribution in [0.2, 0.25) is 0 Å². The maximum absolute atomic E-state index is 13.6. The number of nitrogens with one attached hydrogen (secondary N) is 1. The van der Waals surface area contributed by atoms with E-state index in [-0.39, 0.29) is 17.1 Å². The monoisotopic (exact) mass is 478 g/mol. The van der Waals surface area contributed by atoms with Gasteiger partial charge in [-0.15, -0.1) is 5.10 Å². The molecule has 35 heavy (non-hydrogen) atoms. The fraction of sp³-hybridized carbons (Fsp3) is 0.630. The molecule has 3 aromatic rings. The zero-order valence-corrected chi connectivity index (χ0v) is 21.5. The van der Waals surface area contributed by atoms with Crippen LogP contribution >= 0.6 is 0 Å². The van der Waals surface area contributed by atoms with Gasteiger partial charge in [-0.25, -0.2) is 4.68 Å². The molecule has 0 radical (unpaired) electrons. The molecule has 2 aromatic heterocycles. The van der Waals surface area contributed by atoms with E-state index in [1.54, 1.807) is 7.11 Å². The number of pyridine rings is 1. The van der Waals surface area contributed by atoms with Crippen molar-refractivity contribution in [1.82, 2.24) is 30.1 Å². The molecule has 0 unspecified atom stereocenters. The Hall–Kier alpha value is -2.74. The molecule has 1 aliphatic heterocycles. The van der Waals surface area contributed by atoms with Crippen molar-refractivity contribution in [3.05, 3.63) is 46.0 Å². The molecule has 1 saturated carbocycles. The zero-order chi connectivity index (χ0) is 24.6. The molecule has 1 aromatic carbocycles. The second-order valence-electron chi connectivity index (χ2n) is 11.2. The quantitative estimate of drug-likeness (QED) is 0.547. The molecule has 188 valence electrons. The summed E-state index contributed by atoms with van der Waals surface area (Å²) in [6, 6.07) is 7.53. The maximum Gasteiger partial charge on any atom is 0.253 e. The van der Waals surface area contributed by atoms with Crippen LogP contribution in [0.15, 0.2) is 29.1 Å². The Bertz CT molecular complexity index is 1230. The topological polar surface area (TPSA) is 88.9 Å². The highest BCUT2D eigenvalue weighted by atomic mass is 16.5. The lowest BCUT2D eigenvalue weighted by atomic mass is 9.69. The van der Waals surface area contributed by atoms with Gasteiger partial charge in [0.15, 0.2) is 5.82 Å². The van der Waals surface area contributed by atoms with Crippen molar-refractivity contribution in [2.45, 2.75) is 83.7 Å². The molecule has 0 amide bonds. The van der Waals surface area contributed by atoms with E-state index < -0.39 is 0 Å². The van der Waals surface area contributed by atoms with Gasteiger partial charge in [0.1, 0.15) is 11.8 Å². The third-order valence-electron chi connectivity index (χ3n) is 8.52. The van der Waals surface area contributed by atoms with Crippen molar-refractivity contribution in [1.29, 1.82) is 0 Å². The van der Waals surface area contributed by atoms with Crippen LogP contribution in [0.4, 0.5) is 0 Å². The van der Waals surface area contributed by atoms with Gasteiger partial charge in [0.2, 0.25) is 0 Å². The highest BCUT2D eigenvalue weighted by Gasteiger charge is 2.42. The van der Waals surface area contributed by atoms with E-state index in [0.29, 0.717) is 11.0 Å². The molecule has 5 rings (SSSR count). The Morgan fingerprint density at radius 3 is 2.66 bits per heavy atom. The lowest BCUT2D eigenvalue weighted by Crippen LogP contribution is -2.48. The van der Waals surface area contributed by atoms with E-state index in [1.807, 2.05) is 28.9 Å². The van der Waals surface area contributed by atoms with Gasteiger partial charge in [0.25, 0.3) is 5.56 Å². The van der Waals surface area contributed by atoms with Crippen molar-refractivity contribution in [3.8, 4) is 5.75 Å². The zero-order valence-electron chi connectivity index (χ0n) is 21.5. The van der Waals surface area contributed by atoms with Gasteiger partial charge < -0.3 is 9.72 Å². The lowest BCUT2D eigenvalue weighted by Gasteiger charge is -2.47. The molecular weight excluding hydrogens is 440 g/mol. The summed E-state index contributed by atoms with van der Waals surface area (Å²) in [5, 5.41) is 14.0. The van der Waals surface area contributed by atoms with E-state index in [0.717, 1.165) is 48.4 Å². The number of piperidine rings is 1. The second-order valence-corrected chi connectivity index (χ2v) is 11.2. The van der Waals surface area contributed by atoms with Crippen molar-refractivity contribution >= 4 is 10.9 Å². The molecule has 1 aliphatic carbocycles. The van der Waals surface area contributed by atoms with Crippen molar-refractivity contribution in [2.24, 2.45) is 5.41 Å². The van der Waals surface area contributed by atoms with Gasteiger partial charge in [-0.1, -0.05) is 26.2 Å². The number of likely N-dealkylation sites (tertiary alicyclic amines) is 1. The van der Waals surface area contributed by atoms with Crippen molar-refractivity contribution in [2.75, 3.05) is 20.2 Å². The number of nitrogens with zero attached hydrogens (tertiary/aromatic N) is 5. The average molecular weight is 479 g/mol. The SMILES string of the molecule is CCC(C)(C)n1nnnc1[C@H](c1cc2ccc(OC)cc2[nH]c1=O)N1CCCC2(CCCCC2)C1. The van der Waals surface area contributed by atoms with E-state index in [9.17, 15) is 4.79 Å². The minimum absolute atomic E-state index is 0.0946. The molecule has 1 N–H and O–H groups in total. The van der Waals surface area contributed by atoms with Crippen LogP contribution in [0.25, 0.3) is 10.9 Å². The maximum atomic E-state index is 13.6. The normalized spacial score (nSPS) is 19.8. The van der Waals surface area contributed by atoms with Gasteiger partial charge in [0, 0.05) is 18.2 Å². The molecule has 0 bridgehead atoms. The van der Waals surface area contributed by atoms with E-state index in [4.69, 9.17) is 4.74 Å². The van der Waals surface area contributed by atoms with E-state index in [1.165, 1.54) is 38.5 Å². The number of methoxy groups -OCH3 is 1. The number of aromatic amines is 1. The summed E-state index contributed by atoms with van der Waals surface area (Å²) < 4.78 is 7.30. The molecular formula is C27H38N6O2. The summed E-state index contributed by atoms with van der Waals surface area (Å²) >= 11 is 0. The highest BCUT2D eigenvalue weighted by Crippen LogP contribution is 2.45. The average Bonchev–Trinajstić information content (AvgIpc) is 3.35. The van der Waals surface area contributed by atoms with Crippen molar-refractivity contribution < 1.29 is 4.74 Å². The smallest absolute Gasteiger partial charge is 0.253 e. The highest BCUT2D eigenvalue weighted by molar-refractivity contribution is 5.80. The van der Waals surface area contributed by atoms with E-state index in [2.05, 4.69) is 46.2 Å². The summed E-state index contributed by atoms with van der Waals surface area (Å²) in [6.45, 7) is 8.37. The van der Waals surface area contributed by atoms with Crippen LogP contribution < -0.4 is 10.3 Å². The molecule has 3 heterocycles. The predicted molar refractivity (Wildman–Crippen MR) is 137 cm³/mol. The molecule has 8 nitrogen and oxygen atoms in total. The minimum atomic E-state index is -0.301. The van der Waals surface area contributed by atoms with Crippen LogP contribution in [0.3, 0.4) is 0 Å². The Balaban J connectivity index is 1.65. The number of tetrazole rings is 1. The van der Waals surface area contributed by atoms with Crippen LogP contribution in [-0.2, 0) is 5.54 Å². The number of hydrogen-bond acceptors (Lipinski definition) is 6. The predicted octanol–water partition coefficient (Wildman–Crippen LogP) is 4.80. The first-order valence-corrected chi connectivity index (χ1v) is 13.1. The van der Waals surface area contributed by atoms with Gasteiger partial charge in [0.05, 0.1) is 18.2 Å². The summed E-state index contributed by atoms with van der Waals surface area (Å²) in [6.07, 6.45) is 9.78. The molecule has 2 fully saturated rings. The molecule has 8 heteroatoms. The van der Waals surface area contributed by atoms with Crippen LogP contribution in [0.1, 0.15) is 89.6 Å². The Morgan fingerprint density at radius 1 is 1.14 bits per heavy atom. The van der Waals surface area contributed by atoms with Gasteiger partial charge in [-0.2, -0.15) is 0 Å². The fourth-order valence-electron chi connectivity index (χ4n) is 6.15. The number of ether oxygens (including phenoxy) is 1. The van der Waals surface area contributed by atoms with Gasteiger partial charge in [-0.3, -0.25) is 9.69 Å². The van der Waals surface area contributed by atoms with Crippen LogP contribution in [0, 0.1) is 5.41 Å². The number of fused-ring (bicyclic) bond motifs is 1. The Labute approximate surface area is 207 Å². The Kier molecular flexibility index (Phi) is 6.42. The van der Waals surface area contributed by atoms with Crippen LogP contribution in [0.5, 0.6) is 5.75 Å². The van der Waals surface area contributed by atoms with Crippen molar-refractivity contribution in [3.63, 3.8) is 0 Å². The first-order chi connectivity index (χ1) is 16.9. The molecule has 1 saturated heterocycles. The second kappa shape index (κ2) is 9.37. The molecule has 1 spiro atoms. The standard InChI is InChI=1S/C27H38N6O2/c1-5-26(2,3)33-24(29-30-31-33)23(32-15-9-14-27(18-32)12-7-6-8-13-27)21-16-19-10-11-20(35-4)17-22(19)28-25(21)34/h10-11,16-17,23H,5-9,12-15,18H2,1-4H3,(H,28,34)/t23-/m0/s1. The first-order valence-electron chi connectivity index (χ1n) is 13.1. The number of H-pyrrole nitrogens is 1. The largest absolute Gasteiger partial charge is 0.497 e. The fourth-order valence-corrected chi connectivity index (χ4v) is 6.15. The third-order valence-corrected chi connectivity index (χ3v) is 8.52. The summed E-state index contributed by atoms with van der Waals surface area (Å²) in [4.78, 5) is 19.2. The van der Waals surface area contributed by atoms with Gasteiger partial charge >= 0.3 is 0 Å². The lowest BCUT2D eigenvalue weighted by molar-refractivity contribution is 0.0326. The molecule has 2 aliphatic rings. The third kappa shape index (κ3) is 4.48. The number of hydrogen-bond donors (Lipinski definition) is 1. The van der Waals surface area contributed by atoms with Gasteiger partial charge in [-0.05, 0) is 91.9 Å². The molecule has 1 atom stereocenters. The number of benzene rings is 1. The summed E-state index contributed by atoms with van der Waals surface area (Å²) in [7, 11) is 1.64. The number of rotatable bonds is 6. The van der Waals surface area contributed by atoms with E-state index >= 15 is 0 Å². The van der Waals surface area contributed by atoms with Crippen LogP contribution in [-0.4, -0.2) is 50.3 Å². The minimum Gasteiger partial charge on any atom is -0.497 e. The summed E-state index contributed by atoms with van der Waals surface area (Å²) in [5.41, 5.74) is 1.46. The summed E-state index contributed by atoms with van der Waals surface area (Å²) in [5.74, 6) is 1.48. The number of aromatic nitrogens is 5. The first kappa shape index (κ1) is 24.0.